The summed E-state index contributed by atoms with van der Waals surface area (Å²) in [6.07, 6.45) is -1.02. The van der Waals surface area contributed by atoms with Gasteiger partial charge in [-0.2, -0.15) is 0 Å². The largest absolute Gasteiger partial charge is 0.394 e. The van der Waals surface area contributed by atoms with Crippen LogP contribution in [0.2, 0.25) is 0 Å². The number of benzene rings is 1. The molecule has 0 aliphatic rings. The zero-order valence-electron chi connectivity index (χ0n) is 11.9. The third kappa shape index (κ3) is 5.43. The molecule has 0 aromatic heterocycles. The highest BCUT2D eigenvalue weighted by molar-refractivity contribution is 7.89. The summed E-state index contributed by atoms with van der Waals surface area (Å²) in [5, 5.41) is 20.2. The van der Waals surface area contributed by atoms with Gasteiger partial charge in [-0.25, -0.2) is 13.1 Å². The second kappa shape index (κ2) is 7.51. The van der Waals surface area contributed by atoms with Crippen molar-refractivity contribution in [3.8, 4) is 0 Å². The minimum atomic E-state index is -3.59. The summed E-state index contributed by atoms with van der Waals surface area (Å²) in [5.41, 5.74) is 0.267. The molecule has 1 aromatic rings. The fraction of sp³-hybridized carbons (Fsp3) is 0.462. The number of nitrogens with one attached hydrogen (secondary N) is 2. The lowest BCUT2D eigenvalue weighted by Crippen LogP contribution is -2.34. The lowest BCUT2D eigenvalue weighted by molar-refractivity contribution is 0.0802. The van der Waals surface area contributed by atoms with E-state index in [1.807, 2.05) is 0 Å². The third-order valence-electron chi connectivity index (χ3n) is 2.53. The summed E-state index contributed by atoms with van der Waals surface area (Å²) in [5.74, 6) is -0.455. The van der Waals surface area contributed by atoms with Crippen LogP contribution in [-0.4, -0.2) is 49.8 Å². The third-order valence-corrected chi connectivity index (χ3v) is 4.20. The van der Waals surface area contributed by atoms with Gasteiger partial charge in [0.1, 0.15) is 0 Å². The fourth-order valence-electron chi connectivity index (χ4n) is 1.54. The SMILES string of the molecule is CC(C)NS(=O)(=O)c1ccc(C(=O)NCC(O)CO)cc1. The highest BCUT2D eigenvalue weighted by atomic mass is 32.2. The van der Waals surface area contributed by atoms with Crippen LogP contribution in [0, 0.1) is 0 Å². The van der Waals surface area contributed by atoms with E-state index in [1.54, 1.807) is 13.8 Å². The summed E-state index contributed by atoms with van der Waals surface area (Å²) < 4.78 is 26.3. The molecule has 1 rings (SSSR count). The first-order valence-corrected chi connectivity index (χ1v) is 7.94. The minimum absolute atomic E-state index is 0.0724. The van der Waals surface area contributed by atoms with Gasteiger partial charge in [0.2, 0.25) is 10.0 Å². The van der Waals surface area contributed by atoms with Crippen molar-refractivity contribution in [1.29, 1.82) is 0 Å². The molecule has 8 heteroatoms. The number of sulfonamides is 1. The van der Waals surface area contributed by atoms with Gasteiger partial charge in [-0.3, -0.25) is 4.79 Å². The molecule has 118 valence electrons. The molecule has 21 heavy (non-hydrogen) atoms. The molecule has 0 saturated heterocycles. The topological polar surface area (TPSA) is 116 Å². The van der Waals surface area contributed by atoms with Crippen LogP contribution in [0.4, 0.5) is 0 Å². The molecule has 0 aliphatic heterocycles. The predicted molar refractivity (Wildman–Crippen MR) is 77.3 cm³/mol. The van der Waals surface area contributed by atoms with E-state index < -0.39 is 28.6 Å². The predicted octanol–water partition coefficient (Wildman–Crippen LogP) is -0.544. The molecule has 0 fully saturated rings. The lowest BCUT2D eigenvalue weighted by atomic mass is 10.2. The number of hydrogen-bond acceptors (Lipinski definition) is 5. The van der Waals surface area contributed by atoms with Crippen LogP contribution in [0.5, 0.6) is 0 Å². The number of carbonyl (C=O) groups is 1. The van der Waals surface area contributed by atoms with Crippen molar-refractivity contribution in [2.45, 2.75) is 30.9 Å². The Kier molecular flexibility index (Phi) is 6.28. The highest BCUT2D eigenvalue weighted by Crippen LogP contribution is 2.11. The molecule has 4 N–H and O–H groups in total. The molecule has 0 aliphatic carbocycles. The number of hydrogen-bond donors (Lipinski definition) is 4. The maximum Gasteiger partial charge on any atom is 0.251 e. The Morgan fingerprint density at radius 3 is 2.29 bits per heavy atom. The van der Waals surface area contributed by atoms with Crippen LogP contribution in [0.15, 0.2) is 29.2 Å². The first-order valence-electron chi connectivity index (χ1n) is 6.45. The van der Waals surface area contributed by atoms with Gasteiger partial charge in [-0.15, -0.1) is 0 Å². The van der Waals surface area contributed by atoms with Crippen LogP contribution in [-0.2, 0) is 10.0 Å². The van der Waals surface area contributed by atoms with E-state index in [2.05, 4.69) is 10.0 Å². The zero-order valence-corrected chi connectivity index (χ0v) is 12.7. The van der Waals surface area contributed by atoms with E-state index in [4.69, 9.17) is 10.2 Å². The average Bonchev–Trinajstić information content (AvgIpc) is 2.43. The Balaban J connectivity index is 2.76. The molecule has 1 unspecified atom stereocenters. The van der Waals surface area contributed by atoms with Gasteiger partial charge in [0.05, 0.1) is 17.6 Å². The molecule has 0 spiro atoms. The van der Waals surface area contributed by atoms with Crippen molar-refractivity contribution in [2.75, 3.05) is 13.2 Å². The number of amides is 1. The van der Waals surface area contributed by atoms with Crippen molar-refractivity contribution in [3.63, 3.8) is 0 Å². The smallest absolute Gasteiger partial charge is 0.251 e. The van der Waals surface area contributed by atoms with E-state index in [1.165, 1.54) is 24.3 Å². The normalized spacial score (nSPS) is 13.2. The Labute approximate surface area is 124 Å². The minimum Gasteiger partial charge on any atom is -0.394 e. The van der Waals surface area contributed by atoms with Gasteiger partial charge in [-0.1, -0.05) is 0 Å². The van der Waals surface area contributed by atoms with Crippen molar-refractivity contribution >= 4 is 15.9 Å². The molecule has 1 aromatic carbocycles. The van der Waals surface area contributed by atoms with E-state index >= 15 is 0 Å². The molecule has 1 amide bonds. The fourth-order valence-corrected chi connectivity index (χ4v) is 2.79. The second-order valence-corrected chi connectivity index (χ2v) is 6.56. The standard InChI is InChI=1S/C13H20N2O5S/c1-9(2)15-21(19,20)12-5-3-10(4-6-12)13(18)14-7-11(17)8-16/h3-6,9,11,15-17H,7-8H2,1-2H3,(H,14,18). The Morgan fingerprint density at radius 2 is 1.81 bits per heavy atom. The van der Waals surface area contributed by atoms with Gasteiger partial charge in [-0.05, 0) is 38.1 Å². The summed E-state index contributed by atoms with van der Waals surface area (Å²) >= 11 is 0. The number of carbonyl (C=O) groups excluding carboxylic acids is 1. The van der Waals surface area contributed by atoms with E-state index in [-0.39, 0.29) is 23.0 Å². The van der Waals surface area contributed by atoms with Gasteiger partial charge in [0.15, 0.2) is 0 Å². The van der Waals surface area contributed by atoms with Crippen molar-refractivity contribution in [1.82, 2.24) is 10.0 Å². The number of rotatable bonds is 7. The van der Waals surface area contributed by atoms with Crippen LogP contribution in [0.3, 0.4) is 0 Å². The Bertz CT molecular complexity index is 569. The first kappa shape index (κ1) is 17.6. The summed E-state index contributed by atoms with van der Waals surface area (Å²) in [4.78, 5) is 11.8. The summed E-state index contributed by atoms with van der Waals surface area (Å²) in [6, 6.07) is 5.22. The quantitative estimate of drug-likeness (QED) is 0.539. The van der Waals surface area contributed by atoms with Crippen molar-refractivity contribution in [2.24, 2.45) is 0 Å². The zero-order chi connectivity index (χ0) is 16.0. The van der Waals surface area contributed by atoms with Gasteiger partial charge in [0, 0.05) is 18.2 Å². The number of aliphatic hydroxyl groups excluding tert-OH is 2. The van der Waals surface area contributed by atoms with Crippen LogP contribution in [0.1, 0.15) is 24.2 Å². The molecular formula is C13H20N2O5S. The Hall–Kier alpha value is -1.48. The Morgan fingerprint density at radius 1 is 1.24 bits per heavy atom. The molecule has 7 nitrogen and oxygen atoms in total. The summed E-state index contributed by atoms with van der Waals surface area (Å²) in [7, 11) is -3.59. The van der Waals surface area contributed by atoms with Crippen LogP contribution < -0.4 is 10.0 Å². The number of aliphatic hydroxyl groups is 2. The molecule has 0 bridgehead atoms. The molecular weight excluding hydrogens is 296 g/mol. The van der Waals surface area contributed by atoms with Crippen LogP contribution >= 0.6 is 0 Å². The van der Waals surface area contributed by atoms with Gasteiger partial charge < -0.3 is 15.5 Å². The molecule has 0 saturated carbocycles. The summed E-state index contributed by atoms with van der Waals surface area (Å²) in [6.45, 7) is 2.90. The van der Waals surface area contributed by atoms with E-state index in [0.29, 0.717) is 0 Å². The molecule has 0 heterocycles. The van der Waals surface area contributed by atoms with Crippen molar-refractivity contribution in [3.05, 3.63) is 29.8 Å². The molecule has 1 atom stereocenters. The lowest BCUT2D eigenvalue weighted by Gasteiger charge is -2.11. The average molecular weight is 316 g/mol. The van der Waals surface area contributed by atoms with Gasteiger partial charge >= 0.3 is 0 Å². The van der Waals surface area contributed by atoms with Gasteiger partial charge in [0.25, 0.3) is 5.91 Å². The maximum absolute atomic E-state index is 11.9. The van der Waals surface area contributed by atoms with E-state index in [9.17, 15) is 13.2 Å². The maximum atomic E-state index is 11.9. The second-order valence-electron chi connectivity index (χ2n) is 4.85. The highest BCUT2D eigenvalue weighted by Gasteiger charge is 2.16. The van der Waals surface area contributed by atoms with E-state index in [0.717, 1.165) is 0 Å². The molecule has 0 radical (unpaired) electrons. The monoisotopic (exact) mass is 316 g/mol. The van der Waals surface area contributed by atoms with Crippen molar-refractivity contribution < 1.29 is 23.4 Å². The first-order chi connectivity index (χ1) is 9.76. The van der Waals surface area contributed by atoms with Crippen LogP contribution in [0.25, 0.3) is 0 Å².